The Labute approximate surface area is 181 Å². The molecule has 31 heavy (non-hydrogen) atoms. The zero-order chi connectivity index (χ0) is 21.6. The van der Waals surface area contributed by atoms with Crippen molar-refractivity contribution in [2.24, 2.45) is 5.10 Å². The Hall–Kier alpha value is -3.30. The molecule has 0 amide bonds. The second kappa shape index (κ2) is 9.67. The Balaban J connectivity index is 1.59. The predicted octanol–water partition coefficient (Wildman–Crippen LogP) is 3.60. The largest absolute Gasteiger partial charge is 0.341 e. The molecule has 0 spiro atoms. The van der Waals surface area contributed by atoms with Gasteiger partial charge in [-0.05, 0) is 45.4 Å². The van der Waals surface area contributed by atoms with Gasteiger partial charge < -0.3 is 9.80 Å². The number of hydrazone groups is 1. The van der Waals surface area contributed by atoms with Gasteiger partial charge in [-0.2, -0.15) is 20.1 Å². The molecule has 164 valence electrons. The summed E-state index contributed by atoms with van der Waals surface area (Å²) in [6, 6.07) is 6.41. The molecule has 0 unspecified atom stereocenters. The maximum Gasteiger partial charge on any atom is 0.270 e. The minimum atomic E-state index is -0.411. The molecular weight excluding hydrogens is 396 g/mol. The summed E-state index contributed by atoms with van der Waals surface area (Å²) in [5, 5.41) is 15.4. The minimum Gasteiger partial charge on any atom is -0.341 e. The first-order valence-electron chi connectivity index (χ1n) is 10.9. The highest BCUT2D eigenvalue weighted by molar-refractivity contribution is 5.99. The van der Waals surface area contributed by atoms with E-state index in [1.165, 1.54) is 25.0 Å². The molecule has 10 nitrogen and oxygen atoms in total. The van der Waals surface area contributed by atoms with Gasteiger partial charge in [0.05, 0.1) is 10.6 Å². The number of benzene rings is 1. The van der Waals surface area contributed by atoms with Gasteiger partial charge >= 0.3 is 0 Å². The first-order valence-corrected chi connectivity index (χ1v) is 10.9. The van der Waals surface area contributed by atoms with Crippen LogP contribution in [-0.4, -0.2) is 51.8 Å². The van der Waals surface area contributed by atoms with E-state index >= 15 is 0 Å². The quantitative estimate of drug-likeness (QED) is 0.425. The molecule has 1 aromatic carbocycles. The lowest BCUT2D eigenvalue weighted by Crippen LogP contribution is -2.34. The van der Waals surface area contributed by atoms with Crippen LogP contribution in [0, 0.1) is 10.1 Å². The fourth-order valence-electron chi connectivity index (χ4n) is 3.92. The van der Waals surface area contributed by atoms with Gasteiger partial charge in [0, 0.05) is 43.9 Å². The molecule has 2 aliphatic heterocycles. The highest BCUT2D eigenvalue weighted by atomic mass is 16.6. The van der Waals surface area contributed by atoms with E-state index in [0.717, 1.165) is 51.9 Å². The van der Waals surface area contributed by atoms with Crippen molar-refractivity contribution in [1.82, 2.24) is 15.0 Å². The molecule has 2 aromatic rings. The number of piperidine rings is 2. The zero-order valence-corrected chi connectivity index (χ0v) is 17.8. The third kappa shape index (κ3) is 5.25. The molecule has 0 saturated carbocycles. The van der Waals surface area contributed by atoms with Gasteiger partial charge in [0.1, 0.15) is 0 Å². The Morgan fingerprint density at radius 2 is 1.55 bits per heavy atom. The van der Waals surface area contributed by atoms with Crippen molar-refractivity contribution < 1.29 is 4.92 Å². The first kappa shape index (κ1) is 21.0. The van der Waals surface area contributed by atoms with Crippen LogP contribution >= 0.6 is 0 Å². The number of nitro groups is 1. The number of non-ortho nitro benzene ring substituents is 1. The van der Waals surface area contributed by atoms with E-state index in [0.29, 0.717) is 29.1 Å². The van der Waals surface area contributed by atoms with Crippen LogP contribution in [0.5, 0.6) is 0 Å². The Kier molecular flexibility index (Phi) is 6.54. The normalized spacial score (nSPS) is 17.5. The van der Waals surface area contributed by atoms with Crippen LogP contribution < -0.4 is 15.2 Å². The molecule has 2 fully saturated rings. The number of nitrogens with one attached hydrogen (secondary N) is 1. The van der Waals surface area contributed by atoms with Gasteiger partial charge in [-0.25, -0.2) is 5.43 Å². The summed E-state index contributed by atoms with van der Waals surface area (Å²) < 4.78 is 0. The summed E-state index contributed by atoms with van der Waals surface area (Å²) >= 11 is 0. The van der Waals surface area contributed by atoms with Crippen molar-refractivity contribution in [3.8, 4) is 0 Å². The van der Waals surface area contributed by atoms with Gasteiger partial charge in [-0.3, -0.25) is 10.1 Å². The van der Waals surface area contributed by atoms with E-state index in [1.54, 1.807) is 19.1 Å². The van der Waals surface area contributed by atoms with E-state index < -0.39 is 4.92 Å². The molecule has 0 aliphatic carbocycles. The number of nitrogens with zero attached hydrogens (tertiary/aromatic N) is 7. The summed E-state index contributed by atoms with van der Waals surface area (Å²) in [5.74, 6) is 1.75. The number of anilines is 3. The number of rotatable bonds is 6. The SMILES string of the molecule is C/C(=N/Nc1nc(N2CCCCC2)nc(N2CCCCC2)n1)c1cccc([N+](=O)[O-])c1. The van der Waals surface area contributed by atoms with E-state index in [4.69, 9.17) is 4.98 Å². The molecule has 1 aromatic heterocycles. The molecule has 1 N–H and O–H groups in total. The van der Waals surface area contributed by atoms with E-state index in [1.807, 2.05) is 0 Å². The Morgan fingerprint density at radius 3 is 2.10 bits per heavy atom. The molecule has 2 saturated heterocycles. The van der Waals surface area contributed by atoms with Gasteiger partial charge in [-0.1, -0.05) is 12.1 Å². The maximum atomic E-state index is 11.0. The van der Waals surface area contributed by atoms with Crippen LogP contribution in [0.15, 0.2) is 29.4 Å². The van der Waals surface area contributed by atoms with Crippen LogP contribution in [0.4, 0.5) is 23.5 Å². The van der Waals surface area contributed by atoms with Crippen LogP contribution in [0.25, 0.3) is 0 Å². The van der Waals surface area contributed by atoms with Crippen LogP contribution in [-0.2, 0) is 0 Å². The van der Waals surface area contributed by atoms with Crippen LogP contribution in [0.1, 0.15) is 51.0 Å². The zero-order valence-electron chi connectivity index (χ0n) is 17.8. The highest BCUT2D eigenvalue weighted by Gasteiger charge is 2.20. The van der Waals surface area contributed by atoms with Crippen LogP contribution in [0.2, 0.25) is 0 Å². The molecule has 0 radical (unpaired) electrons. The first-order chi connectivity index (χ1) is 15.1. The van der Waals surface area contributed by atoms with Gasteiger partial charge in [-0.15, -0.1) is 0 Å². The monoisotopic (exact) mass is 424 g/mol. The molecule has 10 heteroatoms. The summed E-state index contributed by atoms with van der Waals surface area (Å²) in [6.45, 7) is 5.57. The average Bonchev–Trinajstić information content (AvgIpc) is 2.83. The fourth-order valence-corrected chi connectivity index (χ4v) is 3.92. The molecule has 2 aliphatic rings. The lowest BCUT2D eigenvalue weighted by Gasteiger charge is -2.30. The number of aromatic nitrogens is 3. The highest BCUT2D eigenvalue weighted by Crippen LogP contribution is 2.22. The lowest BCUT2D eigenvalue weighted by atomic mass is 10.1. The Bertz CT molecular complexity index is 916. The third-order valence-corrected chi connectivity index (χ3v) is 5.69. The van der Waals surface area contributed by atoms with E-state index in [-0.39, 0.29) is 5.69 Å². The molecule has 4 rings (SSSR count). The van der Waals surface area contributed by atoms with Crippen molar-refractivity contribution in [2.75, 3.05) is 41.4 Å². The molecule has 0 bridgehead atoms. The molecule has 3 heterocycles. The summed E-state index contributed by atoms with van der Waals surface area (Å²) in [4.78, 5) is 29.0. The predicted molar refractivity (Wildman–Crippen MR) is 121 cm³/mol. The van der Waals surface area contributed by atoms with Gasteiger partial charge in [0.25, 0.3) is 5.69 Å². The van der Waals surface area contributed by atoms with Crippen molar-refractivity contribution in [2.45, 2.75) is 45.4 Å². The van der Waals surface area contributed by atoms with Crippen molar-refractivity contribution in [3.63, 3.8) is 0 Å². The third-order valence-electron chi connectivity index (χ3n) is 5.69. The average molecular weight is 425 g/mol. The summed E-state index contributed by atoms with van der Waals surface area (Å²) in [5.41, 5.74) is 4.27. The molecular formula is C21H28N8O2. The number of hydrogen-bond acceptors (Lipinski definition) is 9. The fraction of sp³-hybridized carbons (Fsp3) is 0.524. The number of hydrogen-bond donors (Lipinski definition) is 1. The second-order valence-corrected chi connectivity index (χ2v) is 7.97. The minimum absolute atomic E-state index is 0.0342. The topological polar surface area (TPSA) is 113 Å². The molecule has 0 atom stereocenters. The maximum absolute atomic E-state index is 11.0. The van der Waals surface area contributed by atoms with Crippen molar-refractivity contribution in [1.29, 1.82) is 0 Å². The smallest absolute Gasteiger partial charge is 0.270 e. The lowest BCUT2D eigenvalue weighted by molar-refractivity contribution is -0.384. The summed E-state index contributed by atoms with van der Waals surface area (Å²) in [7, 11) is 0. The van der Waals surface area contributed by atoms with Crippen molar-refractivity contribution in [3.05, 3.63) is 39.9 Å². The van der Waals surface area contributed by atoms with Crippen LogP contribution in [0.3, 0.4) is 0 Å². The Morgan fingerprint density at radius 1 is 0.968 bits per heavy atom. The van der Waals surface area contributed by atoms with Gasteiger partial charge in [0.15, 0.2) is 0 Å². The van der Waals surface area contributed by atoms with Crippen molar-refractivity contribution >= 4 is 29.2 Å². The summed E-state index contributed by atoms with van der Waals surface area (Å²) in [6.07, 6.45) is 7.01. The standard InChI is InChI=1S/C21H28N8O2/c1-16(17-9-8-10-18(15-17)29(30)31)25-26-19-22-20(27-11-4-2-5-12-27)24-21(23-19)28-13-6-3-7-14-28/h8-10,15H,2-7,11-14H2,1H3,(H,22,23,24,26)/b25-16-. The number of nitro benzene ring substituents is 1. The second-order valence-electron chi connectivity index (χ2n) is 7.97. The van der Waals surface area contributed by atoms with E-state index in [9.17, 15) is 10.1 Å². The van der Waals surface area contributed by atoms with Gasteiger partial charge in [0.2, 0.25) is 17.8 Å². The van der Waals surface area contributed by atoms with E-state index in [2.05, 4.69) is 30.3 Å².